The molecule has 1 unspecified atom stereocenters. The lowest BCUT2D eigenvalue weighted by Gasteiger charge is -2.24. The van der Waals surface area contributed by atoms with Crippen molar-refractivity contribution in [1.29, 1.82) is 0 Å². The van der Waals surface area contributed by atoms with Crippen LogP contribution in [0, 0.1) is 0 Å². The normalized spacial score (nSPS) is 17.9. The van der Waals surface area contributed by atoms with Crippen LogP contribution in [-0.2, 0) is 10.5 Å². The van der Waals surface area contributed by atoms with E-state index in [0.717, 1.165) is 23.8 Å². The van der Waals surface area contributed by atoms with Gasteiger partial charge in [0.1, 0.15) is 11.1 Å². The highest BCUT2D eigenvalue weighted by atomic mass is 32.2. The van der Waals surface area contributed by atoms with Crippen LogP contribution in [-0.4, -0.2) is 35.1 Å². The van der Waals surface area contributed by atoms with Crippen molar-refractivity contribution in [2.75, 3.05) is 24.3 Å². The first-order valence-corrected chi connectivity index (χ1v) is 10.9. The van der Waals surface area contributed by atoms with E-state index in [9.17, 15) is 4.79 Å². The zero-order valence-corrected chi connectivity index (χ0v) is 15.4. The zero-order chi connectivity index (χ0) is 16.1. The molecule has 1 fully saturated rings. The molecular formula is C17H19NO2S3. The maximum absolute atomic E-state index is 12.2. The summed E-state index contributed by atoms with van der Waals surface area (Å²) in [7, 11) is 0. The van der Waals surface area contributed by atoms with Crippen molar-refractivity contribution in [3.63, 3.8) is 0 Å². The number of carbonyl (C=O) groups excluding carboxylic acids is 1. The highest BCUT2D eigenvalue weighted by molar-refractivity contribution is 8.00. The largest absolute Gasteiger partial charge is 0.468 e. The molecule has 6 heteroatoms. The van der Waals surface area contributed by atoms with Crippen molar-refractivity contribution in [3.8, 4) is 0 Å². The van der Waals surface area contributed by atoms with Gasteiger partial charge in [-0.1, -0.05) is 12.1 Å². The number of carbonyl (C=O) groups is 1. The minimum atomic E-state index is 0.155. The topological polar surface area (TPSA) is 33.5 Å². The Morgan fingerprint density at radius 1 is 1.30 bits per heavy atom. The number of thioether (sulfide) groups is 3. The number of hydrogen-bond donors (Lipinski definition) is 0. The van der Waals surface area contributed by atoms with E-state index in [2.05, 4.69) is 30.5 Å². The highest BCUT2D eigenvalue weighted by Crippen LogP contribution is 2.39. The van der Waals surface area contributed by atoms with Crippen molar-refractivity contribution in [1.82, 2.24) is 4.90 Å². The Morgan fingerprint density at radius 3 is 2.83 bits per heavy atom. The van der Waals surface area contributed by atoms with Crippen molar-refractivity contribution in [2.45, 2.75) is 16.0 Å². The molecule has 1 amide bonds. The summed E-state index contributed by atoms with van der Waals surface area (Å²) in [6.45, 7) is 0.784. The van der Waals surface area contributed by atoms with Gasteiger partial charge >= 0.3 is 0 Å². The maximum atomic E-state index is 12.2. The first kappa shape index (κ1) is 16.9. The van der Waals surface area contributed by atoms with Crippen LogP contribution in [0.5, 0.6) is 0 Å². The lowest BCUT2D eigenvalue weighted by Crippen LogP contribution is -2.30. The molecule has 1 atom stereocenters. The van der Waals surface area contributed by atoms with Crippen LogP contribution >= 0.6 is 35.3 Å². The van der Waals surface area contributed by atoms with Gasteiger partial charge in [0.2, 0.25) is 5.91 Å². The summed E-state index contributed by atoms with van der Waals surface area (Å²) >= 11 is 5.26. The van der Waals surface area contributed by atoms with Gasteiger partial charge in [-0.15, -0.1) is 23.5 Å². The second-order valence-electron chi connectivity index (χ2n) is 5.16. The Balaban J connectivity index is 1.56. The van der Waals surface area contributed by atoms with Crippen molar-refractivity contribution in [3.05, 3.63) is 54.0 Å². The van der Waals surface area contributed by atoms with Gasteiger partial charge < -0.3 is 9.32 Å². The predicted molar refractivity (Wildman–Crippen MR) is 100 cm³/mol. The molecule has 0 aliphatic carbocycles. The average molecular weight is 366 g/mol. The molecule has 2 aromatic rings. The van der Waals surface area contributed by atoms with Gasteiger partial charge in [-0.3, -0.25) is 4.79 Å². The lowest BCUT2D eigenvalue weighted by molar-refractivity contribution is -0.127. The van der Waals surface area contributed by atoms with E-state index in [4.69, 9.17) is 4.42 Å². The number of amides is 1. The SMILES string of the molecule is CSc1ccc(C2SCC(=O)N2CCSCc2ccco2)cc1. The molecule has 122 valence electrons. The summed E-state index contributed by atoms with van der Waals surface area (Å²) in [5.41, 5.74) is 1.22. The fraction of sp³-hybridized carbons (Fsp3) is 0.353. The van der Waals surface area contributed by atoms with Crippen LogP contribution in [0.15, 0.2) is 52.0 Å². The van der Waals surface area contributed by atoms with E-state index < -0.39 is 0 Å². The molecule has 2 heterocycles. The Labute approximate surface area is 149 Å². The molecule has 0 saturated carbocycles. The Kier molecular flexibility index (Phi) is 6.02. The van der Waals surface area contributed by atoms with Gasteiger partial charge in [-0.05, 0) is 36.1 Å². The molecule has 3 nitrogen and oxygen atoms in total. The molecule has 0 N–H and O–H groups in total. The molecule has 0 spiro atoms. The van der Waals surface area contributed by atoms with Crippen LogP contribution in [0.2, 0.25) is 0 Å². The van der Waals surface area contributed by atoms with Crippen LogP contribution in [0.4, 0.5) is 0 Å². The van der Waals surface area contributed by atoms with Crippen LogP contribution in [0.25, 0.3) is 0 Å². The van der Waals surface area contributed by atoms with Crippen molar-refractivity contribution in [2.24, 2.45) is 0 Å². The quantitative estimate of drug-likeness (QED) is 0.533. The fourth-order valence-electron chi connectivity index (χ4n) is 2.47. The molecule has 1 aliphatic rings. The lowest BCUT2D eigenvalue weighted by atomic mass is 10.2. The number of nitrogens with zero attached hydrogens (tertiary/aromatic N) is 1. The van der Waals surface area contributed by atoms with Crippen LogP contribution in [0.1, 0.15) is 16.7 Å². The van der Waals surface area contributed by atoms with E-state index in [1.165, 1.54) is 10.5 Å². The summed E-state index contributed by atoms with van der Waals surface area (Å²) in [6.07, 6.45) is 3.77. The Hall–Kier alpha value is -0.980. The molecular weight excluding hydrogens is 346 g/mol. The maximum Gasteiger partial charge on any atom is 0.233 e. The monoisotopic (exact) mass is 365 g/mol. The fourth-order valence-corrected chi connectivity index (χ4v) is 4.93. The summed E-state index contributed by atoms with van der Waals surface area (Å²) < 4.78 is 5.33. The molecule has 0 bridgehead atoms. The summed E-state index contributed by atoms with van der Waals surface area (Å²) in [6, 6.07) is 12.4. The third-order valence-corrected chi connectivity index (χ3v) is 6.63. The van der Waals surface area contributed by atoms with Gasteiger partial charge in [0.15, 0.2) is 0 Å². The van der Waals surface area contributed by atoms with E-state index in [0.29, 0.717) is 5.75 Å². The van der Waals surface area contributed by atoms with Crippen molar-refractivity contribution < 1.29 is 9.21 Å². The first-order valence-electron chi connectivity index (χ1n) is 7.43. The Morgan fingerprint density at radius 2 is 2.13 bits per heavy atom. The highest BCUT2D eigenvalue weighted by Gasteiger charge is 2.32. The standard InChI is InChI=1S/C17H19NO2S3/c1-21-15-6-4-13(5-7-15)17-18(16(19)12-23-17)8-10-22-11-14-3-2-9-20-14/h2-7,9,17H,8,10-12H2,1H3. The third kappa shape index (κ3) is 4.31. The van der Waals surface area contributed by atoms with Gasteiger partial charge in [0.05, 0.1) is 17.8 Å². The molecule has 3 rings (SSSR count). The van der Waals surface area contributed by atoms with Gasteiger partial charge in [0.25, 0.3) is 0 Å². The van der Waals surface area contributed by atoms with Crippen LogP contribution < -0.4 is 0 Å². The first-order chi connectivity index (χ1) is 11.3. The van der Waals surface area contributed by atoms with Gasteiger partial charge in [-0.2, -0.15) is 11.8 Å². The Bertz CT molecular complexity index is 628. The molecule has 23 heavy (non-hydrogen) atoms. The number of benzene rings is 1. The summed E-state index contributed by atoms with van der Waals surface area (Å²) in [4.78, 5) is 15.4. The second kappa shape index (κ2) is 8.22. The predicted octanol–water partition coefficient (Wildman–Crippen LogP) is 4.51. The number of rotatable bonds is 7. The van der Waals surface area contributed by atoms with Gasteiger partial charge in [-0.25, -0.2) is 0 Å². The molecule has 1 aliphatic heterocycles. The molecule has 1 aromatic carbocycles. The molecule has 0 radical (unpaired) electrons. The van der Waals surface area contributed by atoms with E-state index in [1.807, 2.05) is 17.0 Å². The van der Waals surface area contributed by atoms with Crippen molar-refractivity contribution >= 4 is 41.2 Å². The zero-order valence-electron chi connectivity index (χ0n) is 12.9. The third-order valence-electron chi connectivity index (χ3n) is 3.67. The minimum absolute atomic E-state index is 0.155. The summed E-state index contributed by atoms with van der Waals surface area (Å²) in [5.74, 6) is 3.59. The van der Waals surface area contributed by atoms with E-state index >= 15 is 0 Å². The van der Waals surface area contributed by atoms with E-state index in [-0.39, 0.29) is 11.3 Å². The summed E-state index contributed by atoms with van der Waals surface area (Å²) in [5, 5.41) is 0.155. The van der Waals surface area contributed by atoms with Gasteiger partial charge in [0, 0.05) is 17.2 Å². The minimum Gasteiger partial charge on any atom is -0.468 e. The number of furan rings is 1. The molecule has 1 saturated heterocycles. The molecule has 1 aromatic heterocycles. The second-order valence-corrected chi connectivity index (χ2v) is 8.21. The van der Waals surface area contributed by atoms with Crippen LogP contribution in [0.3, 0.4) is 0 Å². The average Bonchev–Trinajstić information content (AvgIpc) is 3.22. The van der Waals surface area contributed by atoms with E-state index in [1.54, 1.807) is 41.5 Å². The smallest absolute Gasteiger partial charge is 0.233 e. The number of hydrogen-bond acceptors (Lipinski definition) is 5.